The smallest absolute Gasteiger partial charge is 0.335 e. The van der Waals surface area contributed by atoms with E-state index in [1.807, 2.05) is 0 Å². The van der Waals surface area contributed by atoms with Gasteiger partial charge in [-0.3, -0.25) is 0 Å². The van der Waals surface area contributed by atoms with E-state index in [1.165, 1.54) is 36.4 Å². The summed E-state index contributed by atoms with van der Waals surface area (Å²) in [6.07, 6.45) is 0. The molecule has 0 radical (unpaired) electrons. The average Bonchev–Trinajstić information content (AvgIpc) is 2.40. The second-order valence-electron chi connectivity index (χ2n) is 3.63. The van der Waals surface area contributed by atoms with E-state index in [0.29, 0.717) is 5.69 Å². The Morgan fingerprint density at radius 2 is 1.79 bits per heavy atom. The molecule has 0 saturated heterocycles. The maximum Gasteiger partial charge on any atom is 0.335 e. The van der Waals surface area contributed by atoms with Crippen LogP contribution in [-0.2, 0) is 0 Å². The molecule has 0 unspecified atom stereocenters. The molecular weight excluding hydrogens is 248 g/mol. The first-order valence-electron chi connectivity index (χ1n) is 5.27. The number of pyridine rings is 1. The fraction of sp³-hybridized carbons (Fsp3) is 0. The van der Waals surface area contributed by atoms with Crippen molar-refractivity contribution in [2.45, 2.75) is 0 Å². The highest BCUT2D eigenvalue weighted by molar-refractivity contribution is 5.87. The zero-order chi connectivity index (χ0) is 13.8. The van der Waals surface area contributed by atoms with Crippen molar-refractivity contribution in [3.63, 3.8) is 0 Å². The fourth-order valence-electron chi connectivity index (χ4n) is 1.29. The van der Waals surface area contributed by atoms with E-state index in [-0.39, 0.29) is 22.9 Å². The molecule has 0 fully saturated rings. The number of carboxylic acid groups (broad SMARTS) is 1. The van der Waals surface area contributed by atoms with Gasteiger partial charge in [-0.25, -0.2) is 9.78 Å². The number of anilines is 1. The molecule has 0 aliphatic carbocycles. The predicted molar refractivity (Wildman–Crippen MR) is 67.9 cm³/mol. The second-order valence-corrected chi connectivity index (χ2v) is 3.63. The molecule has 1 aromatic carbocycles. The molecule has 7 heteroatoms. The Balaban J connectivity index is 2.17. The topological polar surface area (TPSA) is 121 Å². The highest BCUT2D eigenvalue weighted by atomic mass is 16.4. The van der Waals surface area contributed by atoms with Gasteiger partial charge in [0.2, 0.25) is 0 Å². The second kappa shape index (κ2) is 5.13. The minimum Gasteiger partial charge on any atom is -0.504 e. The van der Waals surface area contributed by atoms with Crippen LogP contribution in [0.2, 0.25) is 0 Å². The summed E-state index contributed by atoms with van der Waals surface area (Å²) in [5.74, 6) is -0.906. The molecule has 7 nitrogen and oxygen atoms in total. The molecule has 0 amide bonds. The molecule has 2 aromatic rings. The highest BCUT2D eigenvalue weighted by Crippen LogP contribution is 2.22. The van der Waals surface area contributed by atoms with E-state index >= 15 is 0 Å². The van der Waals surface area contributed by atoms with Crippen molar-refractivity contribution in [2.75, 3.05) is 5.73 Å². The van der Waals surface area contributed by atoms with Gasteiger partial charge in [0.05, 0.1) is 11.3 Å². The van der Waals surface area contributed by atoms with Gasteiger partial charge in [-0.1, -0.05) is 0 Å². The number of aromatic hydroxyl groups is 1. The number of rotatable bonds is 3. The third-order valence-corrected chi connectivity index (χ3v) is 2.27. The standard InChI is InChI=1S/C12H10N4O3/c13-11-9(17)5-6-10(14-11)16-15-8-3-1-7(2-4-8)12(18)19/h1-6,17H,(H2,13,14)(H,18,19). The van der Waals surface area contributed by atoms with E-state index in [9.17, 15) is 9.90 Å². The maximum atomic E-state index is 10.7. The van der Waals surface area contributed by atoms with Crippen molar-refractivity contribution in [2.24, 2.45) is 10.2 Å². The average molecular weight is 258 g/mol. The van der Waals surface area contributed by atoms with Gasteiger partial charge in [-0.15, -0.1) is 10.2 Å². The van der Waals surface area contributed by atoms with Crippen LogP contribution in [0.1, 0.15) is 10.4 Å². The molecular formula is C12H10N4O3. The first-order chi connectivity index (χ1) is 9.06. The van der Waals surface area contributed by atoms with Gasteiger partial charge in [0.1, 0.15) is 0 Å². The third kappa shape index (κ3) is 3.03. The van der Waals surface area contributed by atoms with Crippen molar-refractivity contribution in [1.29, 1.82) is 0 Å². The van der Waals surface area contributed by atoms with Crippen LogP contribution >= 0.6 is 0 Å². The van der Waals surface area contributed by atoms with Crippen LogP contribution in [0, 0.1) is 0 Å². The number of azo groups is 1. The Morgan fingerprint density at radius 1 is 1.11 bits per heavy atom. The number of hydrogen-bond acceptors (Lipinski definition) is 6. The Morgan fingerprint density at radius 3 is 2.37 bits per heavy atom. The molecule has 0 aliphatic rings. The van der Waals surface area contributed by atoms with Gasteiger partial charge in [0, 0.05) is 0 Å². The SMILES string of the molecule is Nc1nc(N=Nc2ccc(C(=O)O)cc2)ccc1O. The molecule has 0 spiro atoms. The van der Waals surface area contributed by atoms with E-state index in [4.69, 9.17) is 10.8 Å². The number of benzene rings is 1. The van der Waals surface area contributed by atoms with Crippen molar-refractivity contribution in [3.05, 3.63) is 42.0 Å². The third-order valence-electron chi connectivity index (χ3n) is 2.27. The van der Waals surface area contributed by atoms with Crippen LogP contribution in [0.3, 0.4) is 0 Å². The Hall–Kier alpha value is -2.96. The van der Waals surface area contributed by atoms with Crippen molar-refractivity contribution in [1.82, 2.24) is 4.98 Å². The van der Waals surface area contributed by atoms with Gasteiger partial charge >= 0.3 is 5.97 Å². The minimum absolute atomic E-state index is 0.0299. The lowest BCUT2D eigenvalue weighted by Crippen LogP contribution is -1.93. The van der Waals surface area contributed by atoms with Gasteiger partial charge < -0.3 is 15.9 Å². The molecule has 2 rings (SSSR count). The number of aromatic nitrogens is 1. The number of nitrogens with two attached hydrogens (primary N) is 1. The van der Waals surface area contributed by atoms with Crippen molar-refractivity contribution < 1.29 is 15.0 Å². The van der Waals surface area contributed by atoms with E-state index in [0.717, 1.165) is 0 Å². The van der Waals surface area contributed by atoms with E-state index in [2.05, 4.69) is 15.2 Å². The van der Waals surface area contributed by atoms with Gasteiger partial charge in [0.25, 0.3) is 0 Å². The zero-order valence-corrected chi connectivity index (χ0v) is 9.69. The molecule has 1 heterocycles. The molecule has 0 atom stereocenters. The first kappa shape index (κ1) is 12.5. The minimum atomic E-state index is -1.00. The summed E-state index contributed by atoms with van der Waals surface area (Å²) in [5, 5.41) is 25.6. The lowest BCUT2D eigenvalue weighted by Gasteiger charge is -1.98. The van der Waals surface area contributed by atoms with Gasteiger partial charge in [0.15, 0.2) is 17.4 Å². The van der Waals surface area contributed by atoms with Gasteiger partial charge in [-0.2, -0.15) is 0 Å². The fourth-order valence-corrected chi connectivity index (χ4v) is 1.29. The molecule has 1 aromatic heterocycles. The summed E-state index contributed by atoms with van der Waals surface area (Å²) in [6.45, 7) is 0. The number of nitrogen functional groups attached to an aromatic ring is 1. The summed E-state index contributed by atoms with van der Waals surface area (Å²) in [6, 6.07) is 8.73. The predicted octanol–water partition coefficient (Wildman–Crippen LogP) is 2.48. The van der Waals surface area contributed by atoms with Gasteiger partial charge in [-0.05, 0) is 36.4 Å². The Kier molecular flexibility index (Phi) is 3.37. The highest BCUT2D eigenvalue weighted by Gasteiger charge is 2.02. The lowest BCUT2D eigenvalue weighted by molar-refractivity contribution is 0.0697. The molecule has 96 valence electrons. The van der Waals surface area contributed by atoms with Crippen LogP contribution in [-0.4, -0.2) is 21.2 Å². The number of carboxylic acids is 1. The van der Waals surface area contributed by atoms with E-state index < -0.39 is 5.97 Å². The Bertz CT molecular complexity index is 638. The lowest BCUT2D eigenvalue weighted by atomic mass is 10.2. The largest absolute Gasteiger partial charge is 0.504 e. The molecule has 19 heavy (non-hydrogen) atoms. The number of carbonyl (C=O) groups is 1. The van der Waals surface area contributed by atoms with Crippen molar-refractivity contribution in [3.8, 4) is 5.75 Å². The van der Waals surface area contributed by atoms with Crippen LogP contribution < -0.4 is 5.73 Å². The number of hydrogen-bond donors (Lipinski definition) is 3. The van der Waals surface area contributed by atoms with Crippen LogP contribution in [0.5, 0.6) is 5.75 Å². The molecule has 0 aliphatic heterocycles. The summed E-state index contributed by atoms with van der Waals surface area (Å²) in [4.78, 5) is 14.5. The normalized spacial score (nSPS) is 10.7. The molecule has 0 saturated carbocycles. The monoisotopic (exact) mass is 258 g/mol. The number of aromatic carboxylic acids is 1. The summed E-state index contributed by atoms with van der Waals surface area (Å²) in [7, 11) is 0. The molecule has 0 bridgehead atoms. The Labute approximate surface area is 108 Å². The van der Waals surface area contributed by atoms with E-state index in [1.54, 1.807) is 0 Å². The quantitative estimate of drug-likeness (QED) is 0.730. The zero-order valence-electron chi connectivity index (χ0n) is 9.69. The van der Waals surface area contributed by atoms with Crippen molar-refractivity contribution >= 4 is 23.3 Å². The maximum absolute atomic E-state index is 10.7. The van der Waals surface area contributed by atoms with Crippen LogP contribution in [0.4, 0.5) is 17.3 Å². The number of nitrogens with zero attached hydrogens (tertiary/aromatic N) is 3. The van der Waals surface area contributed by atoms with Crippen LogP contribution in [0.15, 0.2) is 46.6 Å². The van der Waals surface area contributed by atoms with Crippen LogP contribution in [0.25, 0.3) is 0 Å². The molecule has 4 N–H and O–H groups in total. The summed E-state index contributed by atoms with van der Waals surface area (Å²) < 4.78 is 0. The summed E-state index contributed by atoms with van der Waals surface area (Å²) in [5.41, 5.74) is 6.07. The first-order valence-corrected chi connectivity index (χ1v) is 5.27. The summed E-state index contributed by atoms with van der Waals surface area (Å²) >= 11 is 0.